The van der Waals surface area contributed by atoms with Gasteiger partial charge in [0, 0.05) is 23.8 Å². The summed E-state index contributed by atoms with van der Waals surface area (Å²) in [5.74, 6) is -0.595. The summed E-state index contributed by atoms with van der Waals surface area (Å²) in [4.78, 5) is 13.0. The van der Waals surface area contributed by atoms with Crippen molar-refractivity contribution < 1.29 is 26.4 Å². The predicted octanol–water partition coefficient (Wildman–Crippen LogP) is 3.50. The molecule has 37 heavy (non-hydrogen) atoms. The van der Waals surface area contributed by atoms with Gasteiger partial charge in [0.05, 0.1) is 28.7 Å². The zero-order valence-electron chi connectivity index (χ0n) is 20.0. The molecular weight excluding hydrogens is 538 g/mol. The van der Waals surface area contributed by atoms with Gasteiger partial charge in [-0.1, -0.05) is 29.3 Å². The van der Waals surface area contributed by atoms with E-state index in [1.807, 2.05) is 6.92 Å². The summed E-state index contributed by atoms with van der Waals surface area (Å²) >= 11 is 5.92. The van der Waals surface area contributed by atoms with Gasteiger partial charge in [-0.3, -0.25) is 9.10 Å². The topological polar surface area (TPSA) is 113 Å². The molecule has 0 radical (unpaired) electrons. The molecule has 0 atom stereocenters. The number of carbonyl (C=O) groups is 1. The number of rotatable bonds is 8. The molecule has 1 aliphatic heterocycles. The van der Waals surface area contributed by atoms with Gasteiger partial charge in [-0.05, 0) is 67.6 Å². The molecular formula is C25H26ClN3O6S2. The predicted molar refractivity (Wildman–Crippen MR) is 142 cm³/mol. The summed E-state index contributed by atoms with van der Waals surface area (Å²) in [5.41, 5.74) is 1.59. The fourth-order valence-corrected chi connectivity index (χ4v) is 6.69. The Bertz CT molecular complexity index is 1450. The number of anilines is 2. The first-order valence-corrected chi connectivity index (χ1v) is 14.7. The molecule has 1 aliphatic rings. The van der Waals surface area contributed by atoms with Crippen LogP contribution < -0.4 is 9.62 Å². The van der Waals surface area contributed by atoms with Crippen LogP contribution in [0.2, 0.25) is 5.02 Å². The molecule has 0 spiro atoms. The highest BCUT2D eigenvalue weighted by atomic mass is 35.5. The number of halogens is 1. The maximum Gasteiger partial charge on any atom is 0.264 e. The van der Waals surface area contributed by atoms with E-state index in [9.17, 15) is 21.6 Å². The first-order chi connectivity index (χ1) is 17.6. The highest BCUT2D eigenvalue weighted by Gasteiger charge is 2.28. The number of amides is 1. The SMILES string of the molecule is Cc1ccc(N(CC(=O)Nc2ccc(S(=O)(=O)N3CCOCC3)cc2)S(=O)(=O)c2ccc(Cl)cc2)cc1. The molecule has 4 rings (SSSR count). The fourth-order valence-electron chi connectivity index (χ4n) is 3.74. The minimum Gasteiger partial charge on any atom is -0.379 e. The molecule has 0 aliphatic carbocycles. The third-order valence-electron chi connectivity index (χ3n) is 5.76. The van der Waals surface area contributed by atoms with Gasteiger partial charge in [0.25, 0.3) is 10.0 Å². The lowest BCUT2D eigenvalue weighted by atomic mass is 10.2. The number of benzene rings is 3. The maximum absolute atomic E-state index is 13.4. The van der Waals surface area contributed by atoms with E-state index in [2.05, 4.69) is 5.32 Å². The molecule has 1 heterocycles. The van der Waals surface area contributed by atoms with Crippen LogP contribution in [0.15, 0.2) is 82.6 Å². The summed E-state index contributed by atoms with van der Waals surface area (Å²) in [6.07, 6.45) is 0. The highest BCUT2D eigenvalue weighted by molar-refractivity contribution is 7.92. The Labute approximate surface area is 221 Å². The van der Waals surface area contributed by atoms with Crippen LogP contribution in [0.25, 0.3) is 0 Å². The summed E-state index contributed by atoms with van der Waals surface area (Å²) in [6, 6.07) is 18.2. The Kier molecular flexibility index (Phi) is 8.20. The van der Waals surface area contributed by atoms with Gasteiger partial charge < -0.3 is 10.1 Å². The van der Waals surface area contributed by atoms with Crippen molar-refractivity contribution in [2.45, 2.75) is 16.7 Å². The van der Waals surface area contributed by atoms with E-state index >= 15 is 0 Å². The van der Waals surface area contributed by atoms with Gasteiger partial charge in [0.15, 0.2) is 0 Å². The number of nitrogens with one attached hydrogen (secondary N) is 1. The van der Waals surface area contributed by atoms with Crippen LogP contribution in [-0.4, -0.2) is 59.9 Å². The average molecular weight is 564 g/mol. The van der Waals surface area contributed by atoms with Crippen molar-refractivity contribution in [3.63, 3.8) is 0 Å². The Morgan fingerprint density at radius 1 is 0.892 bits per heavy atom. The molecule has 0 unspecified atom stereocenters. The van der Waals surface area contributed by atoms with Crippen LogP contribution >= 0.6 is 11.6 Å². The number of morpholine rings is 1. The van der Waals surface area contributed by atoms with Crippen LogP contribution in [0.4, 0.5) is 11.4 Å². The van der Waals surface area contributed by atoms with E-state index in [0.717, 1.165) is 9.87 Å². The Morgan fingerprint density at radius 2 is 1.46 bits per heavy atom. The molecule has 1 saturated heterocycles. The van der Waals surface area contributed by atoms with Gasteiger partial charge >= 0.3 is 0 Å². The van der Waals surface area contributed by atoms with Crippen LogP contribution in [-0.2, 0) is 29.6 Å². The van der Waals surface area contributed by atoms with Gasteiger partial charge in [0.1, 0.15) is 6.54 Å². The van der Waals surface area contributed by atoms with E-state index in [4.69, 9.17) is 16.3 Å². The monoisotopic (exact) mass is 563 g/mol. The Balaban J connectivity index is 1.53. The third kappa shape index (κ3) is 6.31. The van der Waals surface area contributed by atoms with Crippen molar-refractivity contribution in [3.8, 4) is 0 Å². The van der Waals surface area contributed by atoms with Crippen LogP contribution in [0.3, 0.4) is 0 Å². The summed E-state index contributed by atoms with van der Waals surface area (Å²) < 4.78 is 60.1. The zero-order valence-corrected chi connectivity index (χ0v) is 22.4. The lowest BCUT2D eigenvalue weighted by Crippen LogP contribution is -2.40. The number of ether oxygens (including phenoxy) is 1. The maximum atomic E-state index is 13.4. The van der Waals surface area contributed by atoms with E-state index < -0.39 is 32.5 Å². The van der Waals surface area contributed by atoms with Crippen molar-refractivity contribution in [3.05, 3.63) is 83.4 Å². The normalized spacial score (nSPS) is 14.8. The number of hydrogen-bond donors (Lipinski definition) is 1. The summed E-state index contributed by atoms with van der Waals surface area (Å²) in [7, 11) is -7.77. The first kappa shape index (κ1) is 27.1. The number of sulfonamides is 2. The molecule has 0 aromatic heterocycles. The van der Waals surface area contributed by atoms with E-state index in [0.29, 0.717) is 29.6 Å². The number of aryl methyl sites for hydroxylation is 1. The molecule has 3 aromatic carbocycles. The van der Waals surface area contributed by atoms with Crippen molar-refractivity contribution in [2.75, 3.05) is 42.5 Å². The quantitative estimate of drug-likeness (QED) is 0.449. The minimum absolute atomic E-state index is 0.0112. The fraction of sp³-hybridized carbons (Fsp3) is 0.240. The largest absolute Gasteiger partial charge is 0.379 e. The average Bonchev–Trinajstić information content (AvgIpc) is 2.89. The number of carbonyl (C=O) groups excluding carboxylic acids is 1. The standard InChI is InChI=1S/C25H26ClN3O6S2/c1-19-2-8-22(9-3-19)29(37(33,34)24-10-4-20(26)5-11-24)18-25(30)27-21-6-12-23(13-7-21)36(31,32)28-14-16-35-17-15-28/h2-13H,14-18H2,1H3,(H,27,30). The summed E-state index contributed by atoms with van der Waals surface area (Å²) in [6.45, 7) is 2.60. The van der Waals surface area contributed by atoms with E-state index in [1.54, 1.807) is 24.3 Å². The second-order valence-electron chi connectivity index (χ2n) is 8.39. The molecule has 3 aromatic rings. The Morgan fingerprint density at radius 3 is 2.05 bits per heavy atom. The van der Waals surface area contributed by atoms with Crippen molar-refractivity contribution >= 4 is 48.9 Å². The zero-order chi connectivity index (χ0) is 26.6. The van der Waals surface area contributed by atoms with E-state index in [-0.39, 0.29) is 22.9 Å². The summed E-state index contributed by atoms with van der Waals surface area (Å²) in [5, 5.41) is 3.04. The highest BCUT2D eigenvalue weighted by Crippen LogP contribution is 2.26. The van der Waals surface area contributed by atoms with Gasteiger partial charge in [-0.25, -0.2) is 16.8 Å². The lowest BCUT2D eigenvalue weighted by Gasteiger charge is -2.26. The van der Waals surface area contributed by atoms with Gasteiger partial charge in [-0.2, -0.15) is 4.31 Å². The van der Waals surface area contributed by atoms with Crippen molar-refractivity contribution in [1.82, 2.24) is 4.31 Å². The molecule has 1 N–H and O–H groups in total. The van der Waals surface area contributed by atoms with Crippen LogP contribution in [0.5, 0.6) is 0 Å². The molecule has 1 amide bonds. The molecule has 1 fully saturated rings. The lowest BCUT2D eigenvalue weighted by molar-refractivity contribution is -0.114. The van der Waals surface area contributed by atoms with Gasteiger partial charge in [0.2, 0.25) is 15.9 Å². The van der Waals surface area contributed by atoms with E-state index in [1.165, 1.54) is 52.8 Å². The second-order valence-corrected chi connectivity index (χ2v) is 12.6. The first-order valence-electron chi connectivity index (χ1n) is 11.4. The molecule has 9 nitrogen and oxygen atoms in total. The molecule has 196 valence electrons. The van der Waals surface area contributed by atoms with Crippen molar-refractivity contribution in [2.24, 2.45) is 0 Å². The van der Waals surface area contributed by atoms with Gasteiger partial charge in [-0.15, -0.1) is 0 Å². The third-order valence-corrected chi connectivity index (χ3v) is 9.71. The van der Waals surface area contributed by atoms with Crippen molar-refractivity contribution in [1.29, 1.82) is 0 Å². The van der Waals surface area contributed by atoms with Crippen LogP contribution in [0, 0.1) is 6.92 Å². The molecule has 0 saturated carbocycles. The number of hydrogen-bond acceptors (Lipinski definition) is 6. The molecule has 0 bridgehead atoms. The Hall–Kier alpha value is -2.96. The molecule has 12 heteroatoms. The second kappa shape index (κ2) is 11.2. The smallest absolute Gasteiger partial charge is 0.264 e. The minimum atomic E-state index is -4.09. The number of nitrogens with zero attached hydrogens (tertiary/aromatic N) is 2. The van der Waals surface area contributed by atoms with Crippen LogP contribution in [0.1, 0.15) is 5.56 Å².